The molecule has 1 aromatic carbocycles. The minimum Gasteiger partial charge on any atom is -0.492 e. The molecule has 1 saturated heterocycles. The molecule has 1 amide bonds. The fourth-order valence-electron chi connectivity index (χ4n) is 2.50. The fourth-order valence-corrected chi connectivity index (χ4v) is 2.90. The van der Waals surface area contributed by atoms with Crippen LogP contribution in [0.2, 0.25) is 0 Å². The topological polar surface area (TPSA) is 50.4 Å². The van der Waals surface area contributed by atoms with Crippen LogP contribution in [0.3, 0.4) is 0 Å². The Morgan fingerprint density at radius 2 is 2.29 bits per heavy atom. The zero-order chi connectivity index (χ0) is 15.1. The summed E-state index contributed by atoms with van der Waals surface area (Å²) in [5.41, 5.74) is 0. The van der Waals surface area contributed by atoms with Gasteiger partial charge in [0.1, 0.15) is 5.75 Å². The molecule has 0 radical (unpaired) electrons. The van der Waals surface area contributed by atoms with Crippen molar-refractivity contribution >= 4 is 21.8 Å². The van der Waals surface area contributed by atoms with Gasteiger partial charge in [0.2, 0.25) is 5.91 Å². The van der Waals surface area contributed by atoms with Crippen LogP contribution in [0.4, 0.5) is 0 Å². The van der Waals surface area contributed by atoms with E-state index in [1.54, 1.807) is 0 Å². The second-order valence-corrected chi connectivity index (χ2v) is 6.30. The van der Waals surface area contributed by atoms with Crippen molar-refractivity contribution in [1.29, 1.82) is 0 Å². The number of halogens is 1. The van der Waals surface area contributed by atoms with Crippen molar-refractivity contribution in [2.45, 2.75) is 44.7 Å². The third kappa shape index (κ3) is 5.32. The number of rotatable bonds is 6. The van der Waals surface area contributed by atoms with E-state index in [0.29, 0.717) is 19.1 Å². The maximum Gasteiger partial charge on any atom is 0.220 e. The first kappa shape index (κ1) is 16.3. The second kappa shape index (κ2) is 8.39. The van der Waals surface area contributed by atoms with Crippen LogP contribution in [0.5, 0.6) is 5.75 Å². The Hall–Kier alpha value is -1.07. The smallest absolute Gasteiger partial charge is 0.220 e. The Balaban J connectivity index is 1.64. The Labute approximate surface area is 134 Å². The summed E-state index contributed by atoms with van der Waals surface area (Å²) in [6, 6.07) is 8.36. The van der Waals surface area contributed by atoms with E-state index in [0.717, 1.165) is 36.0 Å². The van der Waals surface area contributed by atoms with Gasteiger partial charge in [0.05, 0.1) is 11.1 Å². The summed E-state index contributed by atoms with van der Waals surface area (Å²) in [7, 11) is 0. The number of nitrogens with one attached hydrogen (secondary N) is 2. The van der Waals surface area contributed by atoms with E-state index in [2.05, 4.69) is 33.5 Å². The minimum atomic E-state index is 0.117. The Morgan fingerprint density at radius 3 is 3.05 bits per heavy atom. The van der Waals surface area contributed by atoms with Crippen molar-refractivity contribution in [2.24, 2.45) is 0 Å². The molecule has 21 heavy (non-hydrogen) atoms. The Kier molecular flexibility index (Phi) is 6.51. The molecule has 1 heterocycles. The first-order valence-electron chi connectivity index (χ1n) is 7.57. The van der Waals surface area contributed by atoms with Crippen LogP contribution in [-0.2, 0) is 4.79 Å². The molecule has 0 aromatic heterocycles. The Morgan fingerprint density at radius 1 is 1.48 bits per heavy atom. The lowest BCUT2D eigenvalue weighted by Gasteiger charge is -2.30. The number of hydrogen-bond donors (Lipinski definition) is 2. The van der Waals surface area contributed by atoms with Gasteiger partial charge in [-0.1, -0.05) is 12.1 Å². The molecular weight excluding hydrogens is 332 g/mol. The Bertz CT molecular complexity index is 467. The summed E-state index contributed by atoms with van der Waals surface area (Å²) in [6.45, 7) is 3.72. The molecule has 5 heteroatoms. The minimum absolute atomic E-state index is 0.117. The summed E-state index contributed by atoms with van der Waals surface area (Å²) < 4.78 is 6.60. The number of carbonyl (C=O) groups is 1. The maximum absolute atomic E-state index is 11.9. The maximum atomic E-state index is 11.9. The SMILES string of the molecule is CC1NCCCC1NC(=O)CCCOc1ccccc1Br. The molecule has 0 saturated carbocycles. The molecule has 1 aliphatic heterocycles. The largest absolute Gasteiger partial charge is 0.492 e. The van der Waals surface area contributed by atoms with E-state index in [1.807, 2.05) is 24.3 Å². The van der Waals surface area contributed by atoms with E-state index in [4.69, 9.17) is 4.74 Å². The van der Waals surface area contributed by atoms with Crippen molar-refractivity contribution in [3.8, 4) is 5.75 Å². The van der Waals surface area contributed by atoms with E-state index >= 15 is 0 Å². The van der Waals surface area contributed by atoms with Crippen LogP contribution in [0, 0.1) is 0 Å². The summed E-state index contributed by atoms with van der Waals surface area (Å²) in [6.07, 6.45) is 3.42. The van der Waals surface area contributed by atoms with E-state index in [9.17, 15) is 4.79 Å². The summed E-state index contributed by atoms with van der Waals surface area (Å²) in [5, 5.41) is 6.50. The molecule has 2 rings (SSSR count). The highest BCUT2D eigenvalue weighted by Crippen LogP contribution is 2.23. The molecule has 0 bridgehead atoms. The first-order valence-corrected chi connectivity index (χ1v) is 8.36. The molecule has 1 aliphatic rings. The molecule has 2 N–H and O–H groups in total. The highest BCUT2D eigenvalue weighted by molar-refractivity contribution is 9.10. The fraction of sp³-hybridized carbons (Fsp3) is 0.562. The van der Waals surface area contributed by atoms with Gasteiger partial charge in [-0.15, -0.1) is 0 Å². The van der Waals surface area contributed by atoms with Crippen molar-refractivity contribution in [1.82, 2.24) is 10.6 Å². The van der Waals surface area contributed by atoms with Crippen LogP contribution < -0.4 is 15.4 Å². The van der Waals surface area contributed by atoms with E-state index in [1.165, 1.54) is 0 Å². The number of carbonyl (C=O) groups excluding carboxylic acids is 1. The van der Waals surface area contributed by atoms with Gasteiger partial charge in [-0.2, -0.15) is 0 Å². The third-order valence-electron chi connectivity index (χ3n) is 3.75. The quantitative estimate of drug-likeness (QED) is 0.772. The predicted octanol–water partition coefficient (Wildman–Crippen LogP) is 2.86. The van der Waals surface area contributed by atoms with Crippen LogP contribution in [-0.4, -0.2) is 31.1 Å². The monoisotopic (exact) mass is 354 g/mol. The molecule has 1 fully saturated rings. The number of piperidine rings is 1. The van der Waals surface area contributed by atoms with Gasteiger partial charge >= 0.3 is 0 Å². The van der Waals surface area contributed by atoms with Crippen LogP contribution >= 0.6 is 15.9 Å². The zero-order valence-corrected chi connectivity index (χ0v) is 14.0. The lowest BCUT2D eigenvalue weighted by Crippen LogP contribution is -2.51. The van der Waals surface area contributed by atoms with Crippen molar-refractivity contribution in [3.63, 3.8) is 0 Å². The summed E-state index contributed by atoms with van der Waals surface area (Å²) >= 11 is 3.44. The van der Waals surface area contributed by atoms with Gasteiger partial charge in [0.25, 0.3) is 0 Å². The molecule has 2 atom stereocenters. The summed E-state index contributed by atoms with van der Waals surface area (Å²) in [4.78, 5) is 11.9. The van der Waals surface area contributed by atoms with Gasteiger partial charge in [0.15, 0.2) is 0 Å². The molecule has 1 aromatic rings. The van der Waals surface area contributed by atoms with Crippen molar-refractivity contribution < 1.29 is 9.53 Å². The highest BCUT2D eigenvalue weighted by atomic mass is 79.9. The van der Waals surface area contributed by atoms with Crippen molar-refractivity contribution in [2.75, 3.05) is 13.2 Å². The molecule has 2 unspecified atom stereocenters. The molecule has 116 valence electrons. The molecular formula is C16H23BrN2O2. The molecule has 0 aliphatic carbocycles. The van der Waals surface area contributed by atoms with Crippen LogP contribution in [0.25, 0.3) is 0 Å². The zero-order valence-electron chi connectivity index (χ0n) is 12.4. The number of amides is 1. The lowest BCUT2D eigenvalue weighted by atomic mass is 10.00. The number of benzene rings is 1. The second-order valence-electron chi connectivity index (χ2n) is 5.44. The van der Waals surface area contributed by atoms with Crippen molar-refractivity contribution in [3.05, 3.63) is 28.7 Å². The number of para-hydroxylation sites is 1. The highest BCUT2D eigenvalue weighted by Gasteiger charge is 2.21. The average molecular weight is 355 g/mol. The van der Waals surface area contributed by atoms with Gasteiger partial charge in [0, 0.05) is 18.5 Å². The average Bonchev–Trinajstić information content (AvgIpc) is 2.48. The number of ether oxygens (including phenoxy) is 1. The normalized spacial score (nSPS) is 21.8. The van der Waals surface area contributed by atoms with E-state index < -0.39 is 0 Å². The van der Waals surface area contributed by atoms with Gasteiger partial charge in [-0.25, -0.2) is 0 Å². The lowest BCUT2D eigenvalue weighted by molar-refractivity contribution is -0.122. The summed E-state index contributed by atoms with van der Waals surface area (Å²) in [5.74, 6) is 0.939. The van der Waals surface area contributed by atoms with E-state index in [-0.39, 0.29) is 11.9 Å². The van der Waals surface area contributed by atoms with Gasteiger partial charge in [-0.3, -0.25) is 4.79 Å². The first-order chi connectivity index (χ1) is 10.2. The number of hydrogen-bond acceptors (Lipinski definition) is 3. The van der Waals surface area contributed by atoms with Crippen LogP contribution in [0.1, 0.15) is 32.6 Å². The third-order valence-corrected chi connectivity index (χ3v) is 4.41. The molecule has 0 spiro atoms. The standard InChI is InChI=1S/C16H23BrN2O2/c1-12-14(7-4-10-18-12)19-16(20)9-5-11-21-15-8-3-2-6-13(15)17/h2-3,6,8,12,14,18H,4-5,7,9-11H2,1H3,(H,19,20). The molecule has 4 nitrogen and oxygen atoms in total. The van der Waals surface area contributed by atoms with Gasteiger partial charge < -0.3 is 15.4 Å². The van der Waals surface area contributed by atoms with Crippen LogP contribution in [0.15, 0.2) is 28.7 Å². The van der Waals surface area contributed by atoms with Gasteiger partial charge in [-0.05, 0) is 60.8 Å². The predicted molar refractivity (Wildman–Crippen MR) is 87.5 cm³/mol.